The fourth-order valence-corrected chi connectivity index (χ4v) is 4.07. The predicted octanol–water partition coefficient (Wildman–Crippen LogP) is 3.90. The van der Waals surface area contributed by atoms with Gasteiger partial charge in [0.25, 0.3) is 0 Å². The normalized spacial score (nSPS) is 12.7. The number of Topliss-reactive ketones (excluding diaryl/α,β-unsaturated/α-hetero) is 1. The van der Waals surface area contributed by atoms with Crippen molar-refractivity contribution >= 4 is 39.0 Å². The lowest BCUT2D eigenvalue weighted by Gasteiger charge is -2.19. The molecule has 0 spiro atoms. The van der Waals surface area contributed by atoms with Crippen LogP contribution in [0.15, 0.2) is 34.1 Å². The molecule has 7 heteroatoms. The van der Waals surface area contributed by atoms with Gasteiger partial charge in [-0.1, -0.05) is 0 Å². The minimum atomic E-state index is -0.0717. The molecular formula is C18H18BrNO4S. The lowest BCUT2D eigenvalue weighted by atomic mass is 10.1. The maximum atomic E-state index is 12.3. The zero-order valence-corrected chi connectivity index (χ0v) is 16.2. The van der Waals surface area contributed by atoms with Gasteiger partial charge in [0.1, 0.15) is 13.2 Å². The molecule has 0 saturated carbocycles. The number of nitrogens with zero attached hydrogens (tertiary/aromatic N) is 1. The monoisotopic (exact) mass is 423 g/mol. The van der Waals surface area contributed by atoms with E-state index < -0.39 is 0 Å². The number of ether oxygens (including phenoxy) is 2. The van der Waals surface area contributed by atoms with E-state index in [4.69, 9.17) is 9.47 Å². The molecular weight excluding hydrogens is 406 g/mol. The molecule has 132 valence electrons. The Balaban J connectivity index is 1.53. The SMILES string of the molecule is CN(Cc1ccc(Br)s1)C(=O)CCC(=O)c1ccc2c(c1)OCCO2. The number of amides is 1. The van der Waals surface area contributed by atoms with Crippen molar-refractivity contribution in [3.05, 3.63) is 44.6 Å². The molecule has 1 amide bonds. The van der Waals surface area contributed by atoms with Crippen molar-refractivity contribution in [1.82, 2.24) is 4.90 Å². The van der Waals surface area contributed by atoms with Gasteiger partial charge in [0.2, 0.25) is 5.91 Å². The summed E-state index contributed by atoms with van der Waals surface area (Å²) in [6, 6.07) is 9.09. The molecule has 0 radical (unpaired) electrons. The third-order valence-corrected chi connectivity index (χ3v) is 5.49. The first-order valence-electron chi connectivity index (χ1n) is 7.94. The molecule has 1 aromatic heterocycles. The first-order chi connectivity index (χ1) is 12.0. The largest absolute Gasteiger partial charge is 0.486 e. The summed E-state index contributed by atoms with van der Waals surface area (Å²) in [6.07, 6.45) is 0.368. The van der Waals surface area contributed by atoms with Crippen LogP contribution in [-0.2, 0) is 11.3 Å². The Labute approximate surface area is 158 Å². The number of benzene rings is 1. The molecule has 0 bridgehead atoms. The van der Waals surface area contributed by atoms with Gasteiger partial charge in [0, 0.05) is 30.3 Å². The second-order valence-corrected chi connectivity index (χ2v) is 8.28. The van der Waals surface area contributed by atoms with Gasteiger partial charge in [0.15, 0.2) is 17.3 Å². The number of carbonyl (C=O) groups excluding carboxylic acids is 2. The summed E-state index contributed by atoms with van der Waals surface area (Å²) in [5, 5.41) is 0. The summed E-state index contributed by atoms with van der Waals surface area (Å²) in [5.41, 5.74) is 0.543. The average Bonchev–Trinajstić information content (AvgIpc) is 3.03. The fraction of sp³-hybridized carbons (Fsp3) is 0.333. The Morgan fingerprint density at radius 3 is 2.60 bits per heavy atom. The van der Waals surface area contributed by atoms with Gasteiger partial charge >= 0.3 is 0 Å². The summed E-state index contributed by atoms with van der Waals surface area (Å²) in [6.45, 7) is 1.54. The highest BCUT2D eigenvalue weighted by Crippen LogP contribution is 2.31. The first kappa shape index (κ1) is 17.9. The lowest BCUT2D eigenvalue weighted by molar-refractivity contribution is -0.130. The fourth-order valence-electron chi connectivity index (χ4n) is 2.53. The minimum absolute atomic E-state index is 0.0459. The van der Waals surface area contributed by atoms with Crippen molar-refractivity contribution in [2.75, 3.05) is 20.3 Å². The average molecular weight is 424 g/mol. The van der Waals surface area contributed by atoms with Gasteiger partial charge in [-0.15, -0.1) is 11.3 Å². The lowest BCUT2D eigenvalue weighted by Crippen LogP contribution is -2.26. The van der Waals surface area contributed by atoms with E-state index in [0.29, 0.717) is 36.8 Å². The van der Waals surface area contributed by atoms with Crippen LogP contribution in [0.2, 0.25) is 0 Å². The van der Waals surface area contributed by atoms with Gasteiger partial charge < -0.3 is 14.4 Å². The van der Waals surface area contributed by atoms with Crippen LogP contribution in [0.1, 0.15) is 28.1 Å². The smallest absolute Gasteiger partial charge is 0.223 e. The van der Waals surface area contributed by atoms with Crippen LogP contribution in [0.3, 0.4) is 0 Å². The molecule has 1 aromatic carbocycles. The second kappa shape index (κ2) is 8.01. The number of rotatable bonds is 6. The van der Waals surface area contributed by atoms with Crippen molar-refractivity contribution in [1.29, 1.82) is 0 Å². The molecule has 2 heterocycles. The zero-order valence-electron chi connectivity index (χ0n) is 13.8. The van der Waals surface area contributed by atoms with Crippen LogP contribution >= 0.6 is 27.3 Å². The molecule has 25 heavy (non-hydrogen) atoms. The summed E-state index contributed by atoms with van der Waals surface area (Å²) in [4.78, 5) is 27.3. The van der Waals surface area contributed by atoms with Crippen LogP contribution in [0, 0.1) is 0 Å². The Hall–Kier alpha value is -1.86. The van der Waals surface area contributed by atoms with Gasteiger partial charge in [-0.2, -0.15) is 0 Å². The van der Waals surface area contributed by atoms with E-state index in [1.807, 2.05) is 12.1 Å². The molecule has 1 aliphatic rings. The van der Waals surface area contributed by atoms with E-state index in [1.165, 1.54) is 0 Å². The Kier molecular flexibility index (Phi) is 5.75. The third kappa shape index (κ3) is 4.61. The van der Waals surface area contributed by atoms with E-state index in [9.17, 15) is 9.59 Å². The predicted molar refractivity (Wildman–Crippen MR) is 99.5 cm³/mol. The Bertz CT molecular complexity index is 789. The summed E-state index contributed by atoms with van der Waals surface area (Å²) >= 11 is 5.01. The van der Waals surface area contributed by atoms with Gasteiger partial charge in [-0.25, -0.2) is 0 Å². The van der Waals surface area contributed by atoms with Crippen LogP contribution in [0.4, 0.5) is 0 Å². The molecule has 0 saturated heterocycles. The number of hydrogen-bond donors (Lipinski definition) is 0. The molecule has 1 aliphatic heterocycles. The molecule has 5 nitrogen and oxygen atoms in total. The zero-order chi connectivity index (χ0) is 17.8. The second-order valence-electron chi connectivity index (χ2n) is 5.74. The standard InChI is InChI=1S/C18H18BrNO4S/c1-20(11-13-3-6-17(19)25-13)18(22)7-4-14(21)12-2-5-15-16(10-12)24-9-8-23-15/h2-3,5-6,10H,4,7-9,11H2,1H3. The highest BCUT2D eigenvalue weighted by Gasteiger charge is 2.17. The van der Waals surface area contributed by atoms with Crippen LogP contribution in [0.5, 0.6) is 11.5 Å². The molecule has 3 rings (SSSR count). The summed E-state index contributed by atoms with van der Waals surface area (Å²) < 4.78 is 12.0. The quantitative estimate of drug-likeness (QED) is 0.660. The molecule has 0 unspecified atom stereocenters. The van der Waals surface area contributed by atoms with E-state index in [1.54, 1.807) is 41.5 Å². The van der Waals surface area contributed by atoms with E-state index in [0.717, 1.165) is 8.66 Å². The van der Waals surface area contributed by atoms with E-state index in [2.05, 4.69) is 15.9 Å². The van der Waals surface area contributed by atoms with Crippen LogP contribution in [-0.4, -0.2) is 36.9 Å². The number of thiophene rings is 1. The van der Waals surface area contributed by atoms with Crippen LogP contribution < -0.4 is 9.47 Å². The van der Waals surface area contributed by atoms with Crippen molar-refractivity contribution in [2.45, 2.75) is 19.4 Å². The molecule has 0 aliphatic carbocycles. The van der Waals surface area contributed by atoms with Crippen molar-refractivity contribution < 1.29 is 19.1 Å². The number of carbonyl (C=O) groups is 2. The summed E-state index contributed by atoms with van der Waals surface area (Å²) in [7, 11) is 1.75. The number of ketones is 1. The molecule has 2 aromatic rings. The first-order valence-corrected chi connectivity index (χ1v) is 9.55. The molecule has 0 N–H and O–H groups in total. The summed E-state index contributed by atoms with van der Waals surface area (Å²) in [5.74, 6) is 1.12. The van der Waals surface area contributed by atoms with E-state index >= 15 is 0 Å². The Morgan fingerprint density at radius 2 is 1.88 bits per heavy atom. The van der Waals surface area contributed by atoms with E-state index in [-0.39, 0.29) is 24.5 Å². The highest BCUT2D eigenvalue weighted by molar-refractivity contribution is 9.11. The number of halogens is 1. The van der Waals surface area contributed by atoms with Gasteiger partial charge in [-0.3, -0.25) is 9.59 Å². The molecule has 0 fully saturated rings. The van der Waals surface area contributed by atoms with Crippen molar-refractivity contribution in [2.24, 2.45) is 0 Å². The minimum Gasteiger partial charge on any atom is -0.486 e. The van der Waals surface area contributed by atoms with Crippen molar-refractivity contribution in [3.63, 3.8) is 0 Å². The van der Waals surface area contributed by atoms with Crippen molar-refractivity contribution in [3.8, 4) is 11.5 Å². The van der Waals surface area contributed by atoms with Crippen LogP contribution in [0.25, 0.3) is 0 Å². The Morgan fingerprint density at radius 1 is 1.12 bits per heavy atom. The maximum absolute atomic E-state index is 12.3. The molecule has 0 atom stereocenters. The topological polar surface area (TPSA) is 55.8 Å². The number of fused-ring (bicyclic) bond motifs is 1. The maximum Gasteiger partial charge on any atom is 0.223 e. The third-order valence-electron chi connectivity index (χ3n) is 3.88. The number of hydrogen-bond acceptors (Lipinski definition) is 5. The highest BCUT2D eigenvalue weighted by atomic mass is 79.9. The van der Waals surface area contributed by atoms with Gasteiger partial charge in [0.05, 0.1) is 10.3 Å². The van der Waals surface area contributed by atoms with Gasteiger partial charge in [-0.05, 0) is 46.3 Å².